The van der Waals surface area contributed by atoms with Gasteiger partial charge in [0.1, 0.15) is 23.3 Å². The Balaban J connectivity index is 2.12. The Kier molecular flexibility index (Phi) is 4.63. The molecular formula is C20H14FN3O2. The summed E-state index contributed by atoms with van der Waals surface area (Å²) in [6.45, 7) is 0. The second kappa shape index (κ2) is 7.03. The van der Waals surface area contributed by atoms with Crippen molar-refractivity contribution < 1.29 is 13.9 Å². The monoisotopic (exact) mass is 347 g/mol. The van der Waals surface area contributed by atoms with Crippen LogP contribution in [0, 0.1) is 17.1 Å². The van der Waals surface area contributed by atoms with Gasteiger partial charge in [-0.2, -0.15) is 5.26 Å². The van der Waals surface area contributed by atoms with Crippen molar-refractivity contribution in [1.82, 2.24) is 4.98 Å². The highest BCUT2D eigenvalue weighted by Crippen LogP contribution is 2.31. The average Bonchev–Trinajstić information content (AvgIpc) is 2.67. The van der Waals surface area contributed by atoms with E-state index in [0.29, 0.717) is 27.9 Å². The minimum atomic E-state index is -0.446. The summed E-state index contributed by atoms with van der Waals surface area (Å²) in [7, 11) is 1.31. The van der Waals surface area contributed by atoms with Gasteiger partial charge in [-0.25, -0.2) is 14.2 Å². The molecular weight excluding hydrogens is 333 g/mol. The van der Waals surface area contributed by atoms with Crippen molar-refractivity contribution in [2.24, 2.45) is 0 Å². The maximum atomic E-state index is 13.2. The number of hydrogen-bond acceptors (Lipinski definition) is 5. The highest BCUT2D eigenvalue weighted by Gasteiger charge is 2.14. The minimum absolute atomic E-state index is 0.0846. The Morgan fingerprint density at radius 3 is 2.31 bits per heavy atom. The zero-order valence-corrected chi connectivity index (χ0v) is 13.9. The summed E-state index contributed by atoms with van der Waals surface area (Å²) in [6, 6.07) is 16.2. The van der Waals surface area contributed by atoms with Crippen LogP contribution in [0.15, 0.2) is 54.6 Å². The van der Waals surface area contributed by atoms with E-state index in [0.717, 1.165) is 0 Å². The number of benzene rings is 2. The first-order chi connectivity index (χ1) is 12.5. The summed E-state index contributed by atoms with van der Waals surface area (Å²) in [6.07, 6.45) is 0. The minimum Gasteiger partial charge on any atom is -0.465 e. The van der Waals surface area contributed by atoms with E-state index < -0.39 is 5.97 Å². The molecule has 3 rings (SSSR count). The van der Waals surface area contributed by atoms with Gasteiger partial charge in [0, 0.05) is 11.1 Å². The van der Waals surface area contributed by atoms with Crippen molar-refractivity contribution in [3.63, 3.8) is 0 Å². The van der Waals surface area contributed by atoms with E-state index in [1.807, 2.05) is 0 Å². The lowest BCUT2D eigenvalue weighted by molar-refractivity contribution is 0.0601. The van der Waals surface area contributed by atoms with E-state index in [4.69, 9.17) is 5.73 Å². The molecule has 6 heteroatoms. The first-order valence-electron chi connectivity index (χ1n) is 7.69. The third kappa shape index (κ3) is 3.23. The van der Waals surface area contributed by atoms with Crippen LogP contribution in [0.2, 0.25) is 0 Å². The second-order valence-electron chi connectivity index (χ2n) is 5.50. The summed E-state index contributed by atoms with van der Waals surface area (Å²) in [4.78, 5) is 15.8. The number of esters is 1. The summed E-state index contributed by atoms with van der Waals surface area (Å²) < 4.78 is 17.8. The molecule has 0 saturated heterocycles. The smallest absolute Gasteiger partial charge is 0.337 e. The Hall–Kier alpha value is -3.72. The molecule has 0 radical (unpaired) electrons. The standard InChI is InChI=1S/C20H14FN3O2/c1-26-20(25)14-4-2-12(3-5-14)16-10-18(24-19(23)17(16)11-22)13-6-8-15(21)9-7-13/h2-10H,1H3,(H2,23,24). The lowest BCUT2D eigenvalue weighted by Crippen LogP contribution is -2.02. The first-order valence-corrected chi connectivity index (χ1v) is 7.69. The van der Waals surface area contributed by atoms with Crippen LogP contribution in [-0.2, 0) is 4.74 Å². The van der Waals surface area contributed by atoms with Gasteiger partial charge in [-0.1, -0.05) is 12.1 Å². The topological polar surface area (TPSA) is 89.0 Å². The highest BCUT2D eigenvalue weighted by molar-refractivity contribution is 5.90. The zero-order chi connectivity index (χ0) is 18.7. The molecule has 5 nitrogen and oxygen atoms in total. The molecule has 1 aromatic heterocycles. The van der Waals surface area contributed by atoms with E-state index in [2.05, 4.69) is 15.8 Å². The van der Waals surface area contributed by atoms with Crippen LogP contribution in [-0.4, -0.2) is 18.1 Å². The molecule has 0 aliphatic rings. The molecule has 0 saturated carbocycles. The van der Waals surface area contributed by atoms with Gasteiger partial charge in [0.05, 0.1) is 18.4 Å². The van der Waals surface area contributed by atoms with Gasteiger partial charge in [0.15, 0.2) is 0 Å². The van der Waals surface area contributed by atoms with Crippen LogP contribution >= 0.6 is 0 Å². The molecule has 128 valence electrons. The van der Waals surface area contributed by atoms with Gasteiger partial charge < -0.3 is 10.5 Å². The molecule has 0 unspecified atom stereocenters. The van der Waals surface area contributed by atoms with Crippen molar-refractivity contribution in [3.05, 3.63) is 71.5 Å². The lowest BCUT2D eigenvalue weighted by atomic mass is 9.97. The first kappa shape index (κ1) is 17.1. The summed E-state index contributed by atoms with van der Waals surface area (Å²) in [5.41, 5.74) is 9.07. The highest BCUT2D eigenvalue weighted by atomic mass is 19.1. The molecule has 0 aliphatic heterocycles. The second-order valence-corrected chi connectivity index (χ2v) is 5.50. The number of halogens is 1. The number of pyridine rings is 1. The van der Waals surface area contributed by atoms with Crippen molar-refractivity contribution in [3.8, 4) is 28.5 Å². The Labute approximate surface area is 149 Å². The van der Waals surface area contributed by atoms with Crippen LogP contribution in [0.1, 0.15) is 15.9 Å². The maximum absolute atomic E-state index is 13.2. The van der Waals surface area contributed by atoms with Crippen molar-refractivity contribution in [2.45, 2.75) is 0 Å². The summed E-state index contributed by atoms with van der Waals surface area (Å²) in [5, 5.41) is 9.45. The van der Waals surface area contributed by atoms with Gasteiger partial charge >= 0.3 is 5.97 Å². The number of carbonyl (C=O) groups excluding carboxylic acids is 1. The van der Waals surface area contributed by atoms with Crippen molar-refractivity contribution in [1.29, 1.82) is 5.26 Å². The molecule has 3 aromatic rings. The molecule has 0 fully saturated rings. The fourth-order valence-corrected chi connectivity index (χ4v) is 2.58. The number of aromatic nitrogens is 1. The van der Waals surface area contributed by atoms with E-state index in [9.17, 15) is 14.4 Å². The molecule has 0 bridgehead atoms. The van der Waals surface area contributed by atoms with Crippen LogP contribution < -0.4 is 5.73 Å². The quantitative estimate of drug-likeness (QED) is 0.728. The van der Waals surface area contributed by atoms with Crippen LogP contribution in [0.25, 0.3) is 22.4 Å². The molecule has 2 N–H and O–H groups in total. The summed E-state index contributed by atoms with van der Waals surface area (Å²) in [5.74, 6) is -0.714. The number of hydrogen-bond donors (Lipinski definition) is 1. The number of anilines is 1. The number of rotatable bonds is 3. The molecule has 0 aliphatic carbocycles. The third-order valence-corrected chi connectivity index (χ3v) is 3.92. The van der Waals surface area contributed by atoms with E-state index in [1.54, 1.807) is 42.5 Å². The lowest BCUT2D eigenvalue weighted by Gasteiger charge is -2.11. The van der Waals surface area contributed by atoms with Gasteiger partial charge in [-0.05, 0) is 48.0 Å². The number of ether oxygens (including phenoxy) is 1. The van der Waals surface area contributed by atoms with E-state index >= 15 is 0 Å². The molecule has 0 atom stereocenters. The zero-order valence-electron chi connectivity index (χ0n) is 13.9. The van der Waals surface area contributed by atoms with Crippen molar-refractivity contribution in [2.75, 3.05) is 12.8 Å². The molecule has 0 amide bonds. The van der Waals surface area contributed by atoms with Gasteiger partial charge in [-0.3, -0.25) is 0 Å². The largest absolute Gasteiger partial charge is 0.465 e. The van der Waals surface area contributed by atoms with Gasteiger partial charge in [0.2, 0.25) is 0 Å². The maximum Gasteiger partial charge on any atom is 0.337 e. The molecule has 2 aromatic carbocycles. The molecule has 1 heterocycles. The number of nitriles is 1. The van der Waals surface area contributed by atoms with Gasteiger partial charge in [-0.15, -0.1) is 0 Å². The van der Waals surface area contributed by atoms with E-state index in [1.165, 1.54) is 19.2 Å². The van der Waals surface area contributed by atoms with Gasteiger partial charge in [0.25, 0.3) is 0 Å². The Morgan fingerprint density at radius 1 is 1.12 bits per heavy atom. The average molecular weight is 347 g/mol. The fourth-order valence-electron chi connectivity index (χ4n) is 2.58. The van der Waals surface area contributed by atoms with Crippen molar-refractivity contribution >= 4 is 11.8 Å². The number of nitrogens with two attached hydrogens (primary N) is 1. The molecule has 0 spiro atoms. The number of nitrogen functional groups attached to an aromatic ring is 1. The number of carbonyl (C=O) groups is 1. The number of methoxy groups -OCH3 is 1. The Bertz CT molecular complexity index is 1010. The third-order valence-electron chi connectivity index (χ3n) is 3.92. The van der Waals surface area contributed by atoms with Crippen LogP contribution in [0.5, 0.6) is 0 Å². The van der Waals surface area contributed by atoms with Crippen LogP contribution in [0.3, 0.4) is 0 Å². The number of nitrogens with zero attached hydrogens (tertiary/aromatic N) is 2. The fraction of sp³-hybridized carbons (Fsp3) is 0.0500. The predicted molar refractivity (Wildman–Crippen MR) is 95.5 cm³/mol. The normalized spacial score (nSPS) is 10.2. The Morgan fingerprint density at radius 2 is 1.73 bits per heavy atom. The SMILES string of the molecule is COC(=O)c1ccc(-c2cc(-c3ccc(F)cc3)nc(N)c2C#N)cc1. The summed E-state index contributed by atoms with van der Waals surface area (Å²) >= 11 is 0. The van der Waals surface area contributed by atoms with Crippen LogP contribution in [0.4, 0.5) is 10.2 Å². The van der Waals surface area contributed by atoms with E-state index in [-0.39, 0.29) is 17.2 Å². The predicted octanol–water partition coefficient (Wildman–Crippen LogP) is 3.80. The molecule has 26 heavy (non-hydrogen) atoms.